The Bertz CT molecular complexity index is 1170. The number of hydrogen-bond acceptors (Lipinski definition) is 6. The van der Waals surface area contributed by atoms with Crippen molar-refractivity contribution in [1.29, 1.82) is 0 Å². The zero-order chi connectivity index (χ0) is 25.5. The van der Waals surface area contributed by atoms with E-state index in [1.54, 1.807) is 17.9 Å². The third-order valence-corrected chi connectivity index (χ3v) is 6.54. The molecule has 190 valence electrons. The van der Waals surface area contributed by atoms with Gasteiger partial charge in [0, 0.05) is 25.7 Å². The first-order chi connectivity index (χ1) is 17.4. The van der Waals surface area contributed by atoms with Gasteiger partial charge < -0.3 is 14.1 Å². The van der Waals surface area contributed by atoms with E-state index in [9.17, 15) is 14.0 Å². The fourth-order valence-electron chi connectivity index (χ4n) is 4.57. The van der Waals surface area contributed by atoms with Crippen molar-refractivity contribution in [3.8, 4) is 0 Å². The molecule has 0 N–H and O–H groups in total. The molecule has 0 spiro atoms. The van der Waals surface area contributed by atoms with E-state index < -0.39 is 0 Å². The minimum Gasteiger partial charge on any atom is -0.466 e. The number of carbonyl (C=O) groups excluding carboxylic acids is 2. The molecule has 2 heterocycles. The van der Waals surface area contributed by atoms with E-state index in [0.29, 0.717) is 45.1 Å². The highest BCUT2D eigenvalue weighted by Crippen LogP contribution is 2.25. The Balaban J connectivity index is 1.48. The summed E-state index contributed by atoms with van der Waals surface area (Å²) < 4.78 is 24.7. The van der Waals surface area contributed by atoms with E-state index in [2.05, 4.69) is 16.8 Å². The van der Waals surface area contributed by atoms with Gasteiger partial charge >= 0.3 is 5.97 Å². The number of likely N-dealkylation sites (tertiary alicyclic amines) is 1. The van der Waals surface area contributed by atoms with Crippen LogP contribution < -0.4 is 0 Å². The number of esters is 1. The van der Waals surface area contributed by atoms with Crippen LogP contribution in [0.1, 0.15) is 60.2 Å². The molecule has 3 aromatic rings. The molecule has 36 heavy (non-hydrogen) atoms. The fraction of sp³-hybridized carbons (Fsp3) is 0.393. The van der Waals surface area contributed by atoms with Crippen LogP contribution in [0.3, 0.4) is 0 Å². The van der Waals surface area contributed by atoms with E-state index in [1.165, 1.54) is 18.4 Å². The van der Waals surface area contributed by atoms with Crippen molar-refractivity contribution in [2.24, 2.45) is 5.92 Å². The first-order valence-corrected chi connectivity index (χ1v) is 12.4. The monoisotopic (exact) mass is 493 g/mol. The van der Waals surface area contributed by atoms with Crippen LogP contribution in [0.15, 0.2) is 65.3 Å². The summed E-state index contributed by atoms with van der Waals surface area (Å²) >= 11 is 0. The van der Waals surface area contributed by atoms with Crippen molar-refractivity contribution in [2.45, 2.75) is 45.8 Å². The molecule has 1 saturated heterocycles. The largest absolute Gasteiger partial charge is 0.466 e. The Hall–Kier alpha value is -3.52. The highest BCUT2D eigenvalue weighted by Gasteiger charge is 2.31. The lowest BCUT2D eigenvalue weighted by Crippen LogP contribution is -2.43. The van der Waals surface area contributed by atoms with Gasteiger partial charge in [0.25, 0.3) is 5.91 Å². The maximum atomic E-state index is 13.8. The minimum absolute atomic E-state index is 0.00653. The first-order valence-electron chi connectivity index (χ1n) is 12.4. The summed E-state index contributed by atoms with van der Waals surface area (Å²) in [6.07, 6.45) is 2.81. The predicted molar refractivity (Wildman–Crippen MR) is 132 cm³/mol. The number of rotatable bonds is 9. The van der Waals surface area contributed by atoms with Crippen LogP contribution in [0.2, 0.25) is 0 Å². The first kappa shape index (κ1) is 25.6. The molecule has 0 radical (unpaired) electrons. The molecule has 7 nitrogen and oxygen atoms in total. The minimum atomic E-state index is -0.317. The van der Waals surface area contributed by atoms with Gasteiger partial charge in [0.2, 0.25) is 5.89 Å². The molecule has 2 aromatic carbocycles. The van der Waals surface area contributed by atoms with E-state index in [1.807, 2.05) is 36.4 Å². The van der Waals surface area contributed by atoms with E-state index in [-0.39, 0.29) is 35.3 Å². The number of carbonyl (C=O) groups is 2. The molecule has 0 saturated carbocycles. The molecular weight excluding hydrogens is 461 g/mol. The number of hydrogen-bond donors (Lipinski definition) is 0. The highest BCUT2D eigenvalue weighted by atomic mass is 19.1. The van der Waals surface area contributed by atoms with Gasteiger partial charge in [-0.3, -0.25) is 14.5 Å². The van der Waals surface area contributed by atoms with Crippen molar-refractivity contribution < 1.29 is 23.1 Å². The van der Waals surface area contributed by atoms with E-state index in [4.69, 9.17) is 9.15 Å². The number of piperidine rings is 1. The zero-order valence-electron chi connectivity index (χ0n) is 20.7. The van der Waals surface area contributed by atoms with Crippen LogP contribution in [0, 0.1) is 11.7 Å². The van der Waals surface area contributed by atoms with Gasteiger partial charge in [-0.1, -0.05) is 42.5 Å². The molecule has 1 amide bonds. The van der Waals surface area contributed by atoms with Gasteiger partial charge in [0.15, 0.2) is 5.69 Å². The number of amides is 1. The number of nitrogens with zero attached hydrogens (tertiary/aromatic N) is 3. The third-order valence-electron chi connectivity index (χ3n) is 6.54. The van der Waals surface area contributed by atoms with Crippen molar-refractivity contribution >= 4 is 11.9 Å². The average Bonchev–Trinajstić information content (AvgIpc) is 3.37. The summed E-state index contributed by atoms with van der Waals surface area (Å²) in [4.78, 5) is 33.5. The van der Waals surface area contributed by atoms with E-state index >= 15 is 0 Å². The number of halogens is 1. The topological polar surface area (TPSA) is 75.9 Å². The molecule has 0 bridgehead atoms. The van der Waals surface area contributed by atoms with Gasteiger partial charge in [-0.2, -0.15) is 0 Å². The molecule has 4 rings (SSSR count). The lowest BCUT2D eigenvalue weighted by atomic mass is 9.98. The number of aromatic nitrogens is 1. The van der Waals surface area contributed by atoms with Gasteiger partial charge in [0.05, 0.1) is 19.1 Å². The zero-order valence-corrected chi connectivity index (χ0v) is 20.7. The second kappa shape index (κ2) is 11.9. The van der Waals surface area contributed by atoms with Gasteiger partial charge in [0.1, 0.15) is 12.1 Å². The summed E-state index contributed by atoms with van der Waals surface area (Å²) in [6.45, 7) is 5.87. The number of oxazole rings is 1. The molecule has 1 fully saturated rings. The lowest BCUT2D eigenvalue weighted by molar-refractivity contribution is -0.149. The van der Waals surface area contributed by atoms with E-state index in [0.717, 1.165) is 17.5 Å². The van der Waals surface area contributed by atoms with Crippen molar-refractivity contribution in [2.75, 3.05) is 19.7 Å². The van der Waals surface area contributed by atoms with Gasteiger partial charge in [-0.15, -0.1) is 0 Å². The summed E-state index contributed by atoms with van der Waals surface area (Å²) in [6, 6.07) is 16.5. The Morgan fingerprint density at radius 1 is 1.19 bits per heavy atom. The van der Waals surface area contributed by atoms with Crippen molar-refractivity contribution in [1.82, 2.24) is 14.8 Å². The maximum absolute atomic E-state index is 13.8. The van der Waals surface area contributed by atoms with Crippen molar-refractivity contribution in [3.63, 3.8) is 0 Å². The maximum Gasteiger partial charge on any atom is 0.310 e. The Morgan fingerprint density at radius 3 is 2.75 bits per heavy atom. The smallest absolute Gasteiger partial charge is 0.310 e. The third kappa shape index (κ3) is 6.37. The molecular formula is C28H32FN3O4. The van der Waals surface area contributed by atoms with Crippen LogP contribution in [-0.4, -0.2) is 46.4 Å². The van der Waals surface area contributed by atoms with Crippen LogP contribution in [-0.2, 0) is 22.6 Å². The van der Waals surface area contributed by atoms with Gasteiger partial charge in [-0.25, -0.2) is 9.37 Å². The molecule has 0 unspecified atom stereocenters. The normalized spacial score (nSPS) is 16.7. The molecule has 8 heteroatoms. The second-order valence-electron chi connectivity index (χ2n) is 9.09. The van der Waals surface area contributed by atoms with Crippen molar-refractivity contribution in [3.05, 3.63) is 89.4 Å². The SMILES string of the molecule is CCOC(=O)[C@@H]1CCCN(C(=O)c2coc(CN(Cc3cccc(F)c3)[C@H](C)c3ccccc3)n2)C1. The summed E-state index contributed by atoms with van der Waals surface area (Å²) in [7, 11) is 0. The number of ether oxygens (including phenoxy) is 1. The Morgan fingerprint density at radius 2 is 2.00 bits per heavy atom. The molecule has 2 atom stereocenters. The summed E-state index contributed by atoms with van der Waals surface area (Å²) in [5.74, 6) is -0.726. The standard InChI is InChI=1S/C28H32FN3O4/c1-3-35-28(34)23-12-8-14-31(17-23)27(33)25-19-36-26(30-25)18-32(16-21-9-7-13-24(29)15-21)20(2)22-10-5-4-6-11-22/h4-7,9-11,13,15,19-20,23H,3,8,12,14,16-18H2,1-2H3/t20-,23-/m1/s1. The Kier molecular flexibility index (Phi) is 8.48. The molecule has 0 aliphatic carbocycles. The van der Waals surface area contributed by atoms with Crippen LogP contribution in [0.25, 0.3) is 0 Å². The Labute approximate surface area is 210 Å². The van der Waals surface area contributed by atoms with Gasteiger partial charge in [-0.05, 0) is 49.9 Å². The fourth-order valence-corrected chi connectivity index (χ4v) is 4.57. The van der Waals surface area contributed by atoms with Crippen LogP contribution in [0.5, 0.6) is 0 Å². The summed E-state index contributed by atoms with van der Waals surface area (Å²) in [5, 5.41) is 0. The molecule has 1 aliphatic heterocycles. The number of benzene rings is 2. The quantitative estimate of drug-likeness (QED) is 0.391. The summed E-state index contributed by atoms with van der Waals surface area (Å²) in [5.41, 5.74) is 2.15. The van der Waals surface area contributed by atoms with Crippen LogP contribution in [0.4, 0.5) is 4.39 Å². The second-order valence-corrected chi connectivity index (χ2v) is 9.09. The molecule has 1 aliphatic rings. The van der Waals surface area contributed by atoms with Crippen LogP contribution >= 0.6 is 0 Å². The average molecular weight is 494 g/mol. The molecule has 1 aromatic heterocycles. The predicted octanol–water partition coefficient (Wildman–Crippen LogP) is 4.99. The highest BCUT2D eigenvalue weighted by molar-refractivity contribution is 5.92. The lowest BCUT2D eigenvalue weighted by Gasteiger charge is -2.31.